The summed E-state index contributed by atoms with van der Waals surface area (Å²) in [6.45, 7) is 1.71. The summed E-state index contributed by atoms with van der Waals surface area (Å²) >= 11 is 0. The van der Waals surface area contributed by atoms with Crippen molar-refractivity contribution in [1.29, 1.82) is 0 Å². The molecule has 0 aliphatic carbocycles. The van der Waals surface area contributed by atoms with Crippen molar-refractivity contribution < 1.29 is 18.1 Å². The zero-order chi connectivity index (χ0) is 15.5. The monoisotopic (exact) mass is 301 g/mol. The molecule has 3 aromatic rings. The van der Waals surface area contributed by atoms with E-state index in [1.54, 1.807) is 25.1 Å². The quantitative estimate of drug-likeness (QED) is 0.801. The van der Waals surface area contributed by atoms with Crippen LogP contribution in [0.1, 0.15) is 29.2 Å². The Balaban J connectivity index is 1.74. The van der Waals surface area contributed by atoms with Crippen LogP contribution in [0.4, 0.5) is 4.39 Å². The zero-order valence-corrected chi connectivity index (χ0v) is 11.6. The van der Waals surface area contributed by atoms with Crippen molar-refractivity contribution in [3.8, 4) is 11.4 Å². The first-order valence-electron chi connectivity index (χ1n) is 6.56. The van der Waals surface area contributed by atoms with E-state index in [1.165, 1.54) is 24.7 Å². The number of benzene rings is 1. The van der Waals surface area contributed by atoms with Crippen LogP contribution < -0.4 is 5.32 Å². The molecule has 3 rings (SSSR count). The number of rotatable bonds is 4. The molecule has 112 valence electrons. The van der Waals surface area contributed by atoms with Crippen molar-refractivity contribution in [1.82, 2.24) is 15.5 Å². The van der Waals surface area contributed by atoms with Crippen LogP contribution in [0.25, 0.3) is 11.4 Å². The van der Waals surface area contributed by atoms with Crippen LogP contribution in [0.3, 0.4) is 0 Å². The molecule has 0 radical (unpaired) electrons. The molecule has 0 fully saturated rings. The molecule has 7 heteroatoms. The maximum Gasteiger partial charge on any atom is 0.255 e. The first-order valence-corrected chi connectivity index (χ1v) is 6.56. The number of hydrogen-bond donors (Lipinski definition) is 1. The van der Waals surface area contributed by atoms with E-state index < -0.39 is 6.04 Å². The fraction of sp³-hybridized carbons (Fsp3) is 0.133. The van der Waals surface area contributed by atoms with E-state index in [0.29, 0.717) is 11.1 Å². The molecular formula is C15H12FN3O3. The van der Waals surface area contributed by atoms with Gasteiger partial charge in [-0.25, -0.2) is 4.39 Å². The Morgan fingerprint density at radius 1 is 1.36 bits per heavy atom. The molecule has 0 aliphatic rings. The number of carbonyl (C=O) groups excluding carboxylic acids is 1. The van der Waals surface area contributed by atoms with Gasteiger partial charge in [-0.15, -0.1) is 0 Å². The van der Waals surface area contributed by atoms with E-state index in [-0.39, 0.29) is 23.4 Å². The lowest BCUT2D eigenvalue weighted by atomic mass is 10.2. The molecule has 0 spiro atoms. The summed E-state index contributed by atoms with van der Waals surface area (Å²) in [5.74, 6) is -0.202. The van der Waals surface area contributed by atoms with Crippen LogP contribution in [0.15, 0.2) is 51.8 Å². The van der Waals surface area contributed by atoms with Gasteiger partial charge in [-0.3, -0.25) is 4.79 Å². The van der Waals surface area contributed by atoms with Gasteiger partial charge >= 0.3 is 0 Å². The highest BCUT2D eigenvalue weighted by atomic mass is 19.1. The van der Waals surface area contributed by atoms with Crippen molar-refractivity contribution in [3.63, 3.8) is 0 Å². The van der Waals surface area contributed by atoms with Gasteiger partial charge in [-0.05, 0) is 25.1 Å². The number of hydrogen-bond acceptors (Lipinski definition) is 5. The van der Waals surface area contributed by atoms with Crippen molar-refractivity contribution in [2.75, 3.05) is 0 Å². The molecule has 1 atom stereocenters. The van der Waals surface area contributed by atoms with E-state index in [2.05, 4.69) is 15.5 Å². The van der Waals surface area contributed by atoms with Crippen molar-refractivity contribution >= 4 is 5.91 Å². The van der Waals surface area contributed by atoms with E-state index in [4.69, 9.17) is 8.94 Å². The van der Waals surface area contributed by atoms with Crippen LogP contribution in [0.2, 0.25) is 0 Å². The third-order valence-electron chi connectivity index (χ3n) is 3.03. The Bertz CT molecular complexity index is 783. The van der Waals surface area contributed by atoms with Crippen LogP contribution in [-0.2, 0) is 0 Å². The van der Waals surface area contributed by atoms with Crippen LogP contribution >= 0.6 is 0 Å². The molecule has 0 saturated carbocycles. The number of carbonyl (C=O) groups is 1. The molecule has 0 aliphatic heterocycles. The van der Waals surface area contributed by atoms with Gasteiger partial charge in [0.05, 0.1) is 11.8 Å². The van der Waals surface area contributed by atoms with E-state index in [9.17, 15) is 9.18 Å². The lowest BCUT2D eigenvalue weighted by molar-refractivity contribution is 0.0932. The SMILES string of the molecule is C[C@@H](NC(=O)c1ccoc1)c1nc(-c2cccc(F)c2)no1. The third-order valence-corrected chi connectivity index (χ3v) is 3.03. The molecule has 1 amide bonds. The Morgan fingerprint density at radius 3 is 2.95 bits per heavy atom. The second-order valence-corrected chi connectivity index (χ2v) is 4.67. The van der Waals surface area contributed by atoms with Gasteiger partial charge in [0, 0.05) is 5.56 Å². The highest BCUT2D eigenvalue weighted by Gasteiger charge is 2.18. The van der Waals surface area contributed by atoms with E-state index in [0.717, 1.165) is 0 Å². The highest BCUT2D eigenvalue weighted by molar-refractivity contribution is 5.93. The van der Waals surface area contributed by atoms with Gasteiger partial charge in [0.15, 0.2) is 0 Å². The Morgan fingerprint density at radius 2 is 2.23 bits per heavy atom. The van der Waals surface area contributed by atoms with Crippen molar-refractivity contribution in [2.24, 2.45) is 0 Å². The Hall–Kier alpha value is -2.96. The summed E-state index contributed by atoms with van der Waals surface area (Å²) in [4.78, 5) is 16.1. The number of furan rings is 1. The van der Waals surface area contributed by atoms with Crippen LogP contribution in [0, 0.1) is 5.82 Å². The number of aromatic nitrogens is 2. The molecule has 0 bridgehead atoms. The average molecular weight is 301 g/mol. The summed E-state index contributed by atoms with van der Waals surface area (Å²) in [6, 6.07) is 6.93. The summed E-state index contributed by atoms with van der Waals surface area (Å²) < 4.78 is 23.2. The number of nitrogens with one attached hydrogen (secondary N) is 1. The van der Waals surface area contributed by atoms with Crippen molar-refractivity contribution in [3.05, 3.63) is 60.1 Å². The summed E-state index contributed by atoms with van der Waals surface area (Å²) in [7, 11) is 0. The Labute approximate surface area is 124 Å². The van der Waals surface area contributed by atoms with Gasteiger partial charge in [0.2, 0.25) is 11.7 Å². The second-order valence-electron chi connectivity index (χ2n) is 4.67. The lowest BCUT2D eigenvalue weighted by Crippen LogP contribution is -2.26. The minimum atomic E-state index is -0.489. The molecule has 6 nitrogen and oxygen atoms in total. The molecule has 2 aromatic heterocycles. The fourth-order valence-corrected chi connectivity index (χ4v) is 1.89. The summed E-state index contributed by atoms with van der Waals surface area (Å²) in [5, 5.41) is 6.50. The Kier molecular flexibility index (Phi) is 3.69. The smallest absolute Gasteiger partial charge is 0.255 e. The van der Waals surface area contributed by atoms with Crippen LogP contribution in [0.5, 0.6) is 0 Å². The lowest BCUT2D eigenvalue weighted by Gasteiger charge is -2.07. The van der Waals surface area contributed by atoms with Gasteiger partial charge in [-0.2, -0.15) is 4.98 Å². The second kappa shape index (κ2) is 5.80. The van der Waals surface area contributed by atoms with Crippen molar-refractivity contribution in [2.45, 2.75) is 13.0 Å². The molecule has 1 aromatic carbocycles. The molecular weight excluding hydrogens is 289 g/mol. The number of nitrogens with zero attached hydrogens (tertiary/aromatic N) is 2. The fourth-order valence-electron chi connectivity index (χ4n) is 1.89. The largest absolute Gasteiger partial charge is 0.472 e. The van der Waals surface area contributed by atoms with E-state index >= 15 is 0 Å². The molecule has 0 saturated heterocycles. The highest BCUT2D eigenvalue weighted by Crippen LogP contribution is 2.19. The van der Waals surface area contributed by atoms with Gasteiger partial charge in [-0.1, -0.05) is 17.3 Å². The maximum absolute atomic E-state index is 13.2. The maximum atomic E-state index is 13.2. The third kappa shape index (κ3) is 2.88. The minimum Gasteiger partial charge on any atom is -0.472 e. The van der Waals surface area contributed by atoms with Gasteiger partial charge in [0.25, 0.3) is 5.91 Å². The topological polar surface area (TPSA) is 81.2 Å². The molecule has 2 heterocycles. The summed E-state index contributed by atoms with van der Waals surface area (Å²) in [5.41, 5.74) is 0.903. The van der Waals surface area contributed by atoms with Gasteiger partial charge < -0.3 is 14.3 Å². The average Bonchev–Trinajstić information content (AvgIpc) is 3.19. The molecule has 22 heavy (non-hydrogen) atoms. The molecule has 1 N–H and O–H groups in total. The predicted molar refractivity (Wildman–Crippen MR) is 74.3 cm³/mol. The molecule has 0 unspecified atom stereocenters. The minimum absolute atomic E-state index is 0.233. The van der Waals surface area contributed by atoms with Gasteiger partial charge in [0.1, 0.15) is 18.1 Å². The summed E-state index contributed by atoms with van der Waals surface area (Å²) in [6.07, 6.45) is 2.75. The first-order chi connectivity index (χ1) is 10.6. The number of halogens is 1. The first kappa shape index (κ1) is 14.0. The zero-order valence-electron chi connectivity index (χ0n) is 11.6. The normalized spacial score (nSPS) is 12.1. The van der Waals surface area contributed by atoms with E-state index in [1.807, 2.05) is 0 Å². The van der Waals surface area contributed by atoms with Crippen LogP contribution in [-0.4, -0.2) is 16.0 Å². The number of amides is 1. The standard InChI is InChI=1S/C15H12FN3O3/c1-9(17-14(20)11-5-6-21-8-11)15-18-13(19-22-15)10-3-2-4-12(16)7-10/h2-9H,1H3,(H,17,20)/t9-/m1/s1. The predicted octanol–water partition coefficient (Wildman–Crippen LogP) is 2.96.